The average Bonchev–Trinajstić information content (AvgIpc) is 2.63. The number of benzene rings is 1. The molecule has 0 unspecified atom stereocenters. The Hall–Kier alpha value is 0.0382. The molecule has 1 heteroatoms. The number of rotatable bonds is 14. The van der Waals surface area contributed by atoms with Gasteiger partial charge in [-0.1, -0.05) is 0 Å². The van der Waals surface area contributed by atoms with Gasteiger partial charge in [-0.05, 0) is 0 Å². The fraction of sp³-hybridized carbons (Fsp3) is 0.739. The van der Waals surface area contributed by atoms with Crippen molar-refractivity contribution in [2.75, 3.05) is 0 Å². The standard InChI is InChI=1S/C7H7.4C4H9.Sb/c1-7-5-3-2-4-6-7;4*1-3-4-2;/h2-6H,1H2;4*1,3-4H2,2H3;. The Morgan fingerprint density at radius 3 is 1.29 bits per heavy atom. The Morgan fingerprint density at radius 1 is 0.583 bits per heavy atom. The van der Waals surface area contributed by atoms with Gasteiger partial charge in [-0.2, -0.15) is 0 Å². The van der Waals surface area contributed by atoms with Gasteiger partial charge in [0.05, 0.1) is 0 Å². The molecule has 0 fully saturated rings. The molecule has 24 heavy (non-hydrogen) atoms. The fourth-order valence-corrected chi connectivity index (χ4v) is 27.5. The monoisotopic (exact) mass is 440 g/mol. The summed E-state index contributed by atoms with van der Waals surface area (Å²) in [4.78, 5) is 0. The average molecular weight is 441 g/mol. The summed E-state index contributed by atoms with van der Waals surface area (Å²) in [5, 5.41) is 0. The Bertz CT molecular complexity index is 379. The van der Waals surface area contributed by atoms with E-state index in [4.69, 9.17) is 0 Å². The van der Waals surface area contributed by atoms with Crippen LogP contribution in [0.4, 0.5) is 0 Å². The number of hydrogen-bond acceptors (Lipinski definition) is 0. The predicted octanol–water partition coefficient (Wildman–Crippen LogP) is 8.37. The summed E-state index contributed by atoms with van der Waals surface area (Å²) < 4.78 is 7.99. The molecule has 0 nitrogen and oxygen atoms in total. The molecule has 0 spiro atoms. The molecule has 0 saturated carbocycles. The molecule has 0 saturated heterocycles. The minimum atomic E-state index is -2.65. The van der Waals surface area contributed by atoms with E-state index in [9.17, 15) is 0 Å². The molecule has 0 aliphatic rings. The number of hydrogen-bond donors (Lipinski definition) is 0. The second kappa shape index (κ2) is 11.6. The molecule has 0 aliphatic heterocycles. The molecular formula is C23H43Sb. The van der Waals surface area contributed by atoms with E-state index in [1.807, 2.05) is 0 Å². The molecule has 0 amide bonds. The molecular weight excluding hydrogens is 398 g/mol. The maximum absolute atomic E-state index is 2.65. The van der Waals surface area contributed by atoms with Crippen LogP contribution >= 0.6 is 0 Å². The van der Waals surface area contributed by atoms with Gasteiger partial charge >= 0.3 is 154 Å². The van der Waals surface area contributed by atoms with Crippen LogP contribution in [-0.2, 0) is 4.37 Å². The molecule has 0 bridgehead atoms. The van der Waals surface area contributed by atoms with E-state index in [0.29, 0.717) is 0 Å². The molecule has 0 atom stereocenters. The van der Waals surface area contributed by atoms with Crippen molar-refractivity contribution in [1.29, 1.82) is 0 Å². The van der Waals surface area contributed by atoms with Gasteiger partial charge in [0.1, 0.15) is 0 Å². The third kappa shape index (κ3) is 6.74. The van der Waals surface area contributed by atoms with Gasteiger partial charge in [0.25, 0.3) is 0 Å². The van der Waals surface area contributed by atoms with Crippen molar-refractivity contribution in [2.45, 2.75) is 101 Å². The van der Waals surface area contributed by atoms with Crippen LogP contribution in [0.1, 0.15) is 84.6 Å². The summed E-state index contributed by atoms with van der Waals surface area (Å²) in [6.07, 6.45) is 11.4. The fourth-order valence-electron chi connectivity index (χ4n) is 4.51. The maximum atomic E-state index is 2.42. The van der Waals surface area contributed by atoms with E-state index in [1.54, 1.807) is 23.0 Å². The van der Waals surface area contributed by atoms with Crippen LogP contribution in [0.5, 0.6) is 0 Å². The van der Waals surface area contributed by atoms with Crippen molar-refractivity contribution in [3.8, 4) is 0 Å². The molecule has 0 heterocycles. The number of unbranched alkanes of at least 4 members (excludes halogenated alkanes) is 4. The van der Waals surface area contributed by atoms with Crippen molar-refractivity contribution in [2.24, 2.45) is 0 Å². The van der Waals surface area contributed by atoms with Crippen LogP contribution in [0.25, 0.3) is 0 Å². The zero-order valence-electron chi connectivity index (χ0n) is 17.0. The van der Waals surface area contributed by atoms with E-state index in [0.717, 1.165) is 0 Å². The van der Waals surface area contributed by atoms with E-state index in [2.05, 4.69) is 58.0 Å². The van der Waals surface area contributed by atoms with Gasteiger partial charge < -0.3 is 0 Å². The first-order valence-electron chi connectivity index (χ1n) is 10.7. The first-order valence-corrected chi connectivity index (χ1v) is 19.7. The van der Waals surface area contributed by atoms with Crippen LogP contribution in [0, 0.1) is 0 Å². The second-order valence-electron chi connectivity index (χ2n) is 8.19. The zero-order chi connectivity index (χ0) is 17.8. The summed E-state index contributed by atoms with van der Waals surface area (Å²) >= 11 is -2.65. The Kier molecular flexibility index (Phi) is 10.7. The van der Waals surface area contributed by atoms with Crippen molar-refractivity contribution in [3.05, 3.63) is 35.9 Å². The summed E-state index contributed by atoms with van der Waals surface area (Å²) in [7, 11) is 0. The molecule has 1 rings (SSSR count). The van der Waals surface area contributed by atoms with Crippen LogP contribution in [0.2, 0.25) is 17.5 Å². The first-order chi connectivity index (χ1) is 11.6. The van der Waals surface area contributed by atoms with Gasteiger partial charge in [0, 0.05) is 0 Å². The Morgan fingerprint density at radius 2 is 0.958 bits per heavy atom. The summed E-state index contributed by atoms with van der Waals surface area (Å²) in [5.74, 6) is 0. The van der Waals surface area contributed by atoms with Crippen molar-refractivity contribution >= 4 is 17.4 Å². The van der Waals surface area contributed by atoms with Crippen LogP contribution in [-0.4, -0.2) is 17.4 Å². The predicted molar refractivity (Wildman–Crippen MR) is 115 cm³/mol. The molecule has 1 aromatic carbocycles. The Balaban J connectivity index is 3.24. The van der Waals surface area contributed by atoms with Gasteiger partial charge in [0.15, 0.2) is 0 Å². The van der Waals surface area contributed by atoms with Gasteiger partial charge in [-0.25, -0.2) is 0 Å². The summed E-state index contributed by atoms with van der Waals surface area (Å²) in [5.41, 5.74) is 1.65. The van der Waals surface area contributed by atoms with E-state index < -0.39 is 17.4 Å². The summed E-state index contributed by atoms with van der Waals surface area (Å²) in [6.45, 7) is 9.58. The van der Waals surface area contributed by atoms with Crippen molar-refractivity contribution < 1.29 is 0 Å². The van der Waals surface area contributed by atoms with Gasteiger partial charge in [-0.15, -0.1) is 0 Å². The van der Waals surface area contributed by atoms with E-state index in [-0.39, 0.29) is 0 Å². The zero-order valence-corrected chi connectivity index (χ0v) is 19.6. The molecule has 1 aromatic rings. The normalized spacial score (nSPS) is 13.6. The quantitative estimate of drug-likeness (QED) is 0.255. The minimum absolute atomic E-state index is 1.38. The van der Waals surface area contributed by atoms with Crippen molar-refractivity contribution in [1.82, 2.24) is 0 Å². The second-order valence-corrected chi connectivity index (χ2v) is 27.0. The van der Waals surface area contributed by atoms with Gasteiger partial charge in [0.2, 0.25) is 0 Å². The van der Waals surface area contributed by atoms with Crippen LogP contribution < -0.4 is 0 Å². The third-order valence-corrected chi connectivity index (χ3v) is 27.7. The molecule has 0 aromatic heterocycles. The van der Waals surface area contributed by atoms with E-state index in [1.165, 1.54) is 55.7 Å². The molecule has 0 N–H and O–H groups in total. The van der Waals surface area contributed by atoms with Crippen LogP contribution in [0.3, 0.4) is 0 Å². The van der Waals surface area contributed by atoms with Crippen molar-refractivity contribution in [3.63, 3.8) is 0 Å². The molecule has 140 valence electrons. The SMILES string of the molecule is CCC[CH2][Sb]([CH2]CCC)([CH2]CCC)([CH2]CCC)[CH2]c1ccccc1. The summed E-state index contributed by atoms with van der Waals surface area (Å²) in [6, 6.07) is 11.5. The van der Waals surface area contributed by atoms with Crippen LogP contribution in [0.15, 0.2) is 30.3 Å². The first kappa shape index (κ1) is 22.1. The van der Waals surface area contributed by atoms with Gasteiger partial charge in [-0.3, -0.25) is 0 Å². The third-order valence-electron chi connectivity index (χ3n) is 6.05. The van der Waals surface area contributed by atoms with E-state index >= 15 is 0 Å². The molecule has 0 aliphatic carbocycles. The molecule has 0 radical (unpaired) electrons. The topological polar surface area (TPSA) is 0 Å². The Labute approximate surface area is 153 Å².